The van der Waals surface area contributed by atoms with E-state index in [1.54, 1.807) is 7.11 Å². The van der Waals surface area contributed by atoms with Gasteiger partial charge in [-0.05, 0) is 25.0 Å². The number of carbonyl (C=O) groups excluding carboxylic acids is 1. The van der Waals surface area contributed by atoms with Crippen LogP contribution in [0.25, 0.3) is 11.4 Å². The van der Waals surface area contributed by atoms with E-state index in [1.165, 1.54) is 24.3 Å². The van der Waals surface area contributed by atoms with Gasteiger partial charge in [-0.3, -0.25) is 4.79 Å². The Kier molecular flexibility index (Phi) is 5.79. The van der Waals surface area contributed by atoms with Crippen LogP contribution >= 0.6 is 0 Å². The van der Waals surface area contributed by atoms with Crippen molar-refractivity contribution in [2.45, 2.75) is 50.4 Å². The van der Waals surface area contributed by atoms with E-state index < -0.39 is 12.1 Å². The van der Waals surface area contributed by atoms with Crippen LogP contribution in [0.15, 0.2) is 28.8 Å². The predicted octanol–water partition coefficient (Wildman–Crippen LogP) is 3.83. The zero-order valence-corrected chi connectivity index (χ0v) is 14.8. The van der Waals surface area contributed by atoms with Gasteiger partial charge in [0.1, 0.15) is 0 Å². The number of halogens is 3. The second-order valence-electron chi connectivity index (χ2n) is 6.49. The quantitative estimate of drug-likeness (QED) is 0.812. The third kappa shape index (κ3) is 4.65. The van der Waals surface area contributed by atoms with E-state index in [0.29, 0.717) is 11.1 Å². The fourth-order valence-electron chi connectivity index (χ4n) is 3.20. The number of hydrogen-bond donors (Lipinski definition) is 1. The molecular formula is C18H20F3N3O3. The van der Waals surface area contributed by atoms with Crippen LogP contribution in [0.1, 0.15) is 48.4 Å². The van der Waals surface area contributed by atoms with Crippen molar-refractivity contribution in [3.8, 4) is 11.4 Å². The molecule has 0 bridgehead atoms. The van der Waals surface area contributed by atoms with E-state index in [1.807, 2.05) is 0 Å². The monoisotopic (exact) mass is 383 g/mol. The standard InChI is InChI=1S/C18H20F3N3O3/c1-26-14-6-4-2-3-5-13(14)22-16(25)12-9-7-11(8-10-12)15-23-17(27-24-15)18(19,20)21/h7-10,13-14H,2-6H2,1H3,(H,22,25)/t13-,14-/m1/s1. The highest BCUT2D eigenvalue weighted by atomic mass is 19.4. The molecule has 146 valence electrons. The lowest BCUT2D eigenvalue weighted by Crippen LogP contribution is -2.43. The van der Waals surface area contributed by atoms with Gasteiger partial charge >= 0.3 is 12.1 Å². The number of ether oxygens (including phenoxy) is 1. The van der Waals surface area contributed by atoms with Crippen molar-refractivity contribution in [3.05, 3.63) is 35.7 Å². The first-order chi connectivity index (χ1) is 12.9. The number of nitrogens with one attached hydrogen (secondary N) is 1. The number of benzene rings is 1. The Bertz CT molecular complexity index is 774. The lowest BCUT2D eigenvalue weighted by molar-refractivity contribution is -0.159. The first-order valence-corrected chi connectivity index (χ1v) is 8.73. The smallest absolute Gasteiger partial charge is 0.379 e. The molecular weight excluding hydrogens is 363 g/mol. The summed E-state index contributed by atoms with van der Waals surface area (Å²) in [5, 5.41) is 6.33. The Hall–Kier alpha value is -2.42. The third-order valence-electron chi connectivity index (χ3n) is 4.65. The maximum absolute atomic E-state index is 12.5. The Morgan fingerprint density at radius 1 is 1.19 bits per heavy atom. The third-order valence-corrected chi connectivity index (χ3v) is 4.65. The molecule has 0 unspecified atom stereocenters. The van der Waals surface area contributed by atoms with Gasteiger partial charge in [0.2, 0.25) is 5.82 Å². The molecule has 27 heavy (non-hydrogen) atoms. The Morgan fingerprint density at radius 2 is 1.89 bits per heavy atom. The number of hydrogen-bond acceptors (Lipinski definition) is 5. The molecule has 3 rings (SSSR count). The summed E-state index contributed by atoms with van der Waals surface area (Å²) in [5.41, 5.74) is 0.729. The van der Waals surface area contributed by atoms with E-state index in [4.69, 9.17) is 4.74 Å². The van der Waals surface area contributed by atoms with E-state index in [-0.39, 0.29) is 23.9 Å². The summed E-state index contributed by atoms with van der Waals surface area (Å²) in [6, 6.07) is 5.96. The van der Waals surface area contributed by atoms with Gasteiger partial charge in [0.05, 0.1) is 12.1 Å². The molecule has 1 aromatic carbocycles. The minimum absolute atomic E-state index is 0.0177. The van der Waals surface area contributed by atoms with Crippen molar-refractivity contribution in [2.75, 3.05) is 7.11 Å². The molecule has 1 N–H and O–H groups in total. The summed E-state index contributed by atoms with van der Waals surface area (Å²) in [6.45, 7) is 0. The van der Waals surface area contributed by atoms with Gasteiger partial charge in [0.15, 0.2) is 0 Å². The van der Waals surface area contributed by atoms with Crippen LogP contribution in [0.3, 0.4) is 0 Å². The molecule has 1 fully saturated rings. The molecule has 0 aliphatic heterocycles. The average molecular weight is 383 g/mol. The first kappa shape index (κ1) is 19.3. The van der Waals surface area contributed by atoms with Crippen LogP contribution in [-0.2, 0) is 10.9 Å². The van der Waals surface area contributed by atoms with Crippen molar-refractivity contribution < 1.29 is 27.2 Å². The zero-order valence-electron chi connectivity index (χ0n) is 14.8. The minimum Gasteiger partial charge on any atom is -0.379 e. The summed E-state index contributed by atoms with van der Waals surface area (Å²) in [6.07, 6.45) is 0.266. The molecule has 1 aliphatic rings. The second-order valence-corrected chi connectivity index (χ2v) is 6.49. The minimum atomic E-state index is -4.69. The highest BCUT2D eigenvalue weighted by Crippen LogP contribution is 2.29. The average Bonchev–Trinajstić information content (AvgIpc) is 3.05. The van der Waals surface area contributed by atoms with Crippen LogP contribution in [0.2, 0.25) is 0 Å². The lowest BCUT2D eigenvalue weighted by Gasteiger charge is -2.25. The predicted molar refractivity (Wildman–Crippen MR) is 89.9 cm³/mol. The summed E-state index contributed by atoms with van der Waals surface area (Å²) < 4.78 is 47.3. The number of rotatable bonds is 4. The van der Waals surface area contributed by atoms with Crippen LogP contribution < -0.4 is 5.32 Å². The van der Waals surface area contributed by atoms with Gasteiger partial charge < -0.3 is 14.6 Å². The summed E-state index contributed by atoms with van der Waals surface area (Å²) in [5.74, 6) is -1.84. The number of alkyl halides is 3. The molecule has 1 heterocycles. The van der Waals surface area contributed by atoms with Gasteiger partial charge in [-0.15, -0.1) is 0 Å². The van der Waals surface area contributed by atoms with Crippen molar-refractivity contribution in [2.24, 2.45) is 0 Å². The summed E-state index contributed by atoms with van der Waals surface area (Å²) in [4.78, 5) is 15.8. The van der Waals surface area contributed by atoms with Gasteiger partial charge in [-0.1, -0.05) is 36.6 Å². The molecule has 6 nitrogen and oxygen atoms in total. The largest absolute Gasteiger partial charge is 0.471 e. The maximum atomic E-state index is 12.5. The highest BCUT2D eigenvalue weighted by molar-refractivity contribution is 5.94. The van der Waals surface area contributed by atoms with Crippen molar-refractivity contribution in [1.29, 1.82) is 0 Å². The van der Waals surface area contributed by atoms with E-state index in [0.717, 1.165) is 32.1 Å². The van der Waals surface area contributed by atoms with E-state index in [9.17, 15) is 18.0 Å². The Labute approximate surface area is 154 Å². The summed E-state index contributed by atoms with van der Waals surface area (Å²) in [7, 11) is 1.64. The fourth-order valence-corrected chi connectivity index (χ4v) is 3.20. The van der Waals surface area contributed by atoms with Crippen molar-refractivity contribution >= 4 is 5.91 Å². The zero-order chi connectivity index (χ0) is 19.4. The molecule has 1 aromatic heterocycles. The van der Waals surface area contributed by atoms with Crippen LogP contribution in [-0.4, -0.2) is 35.3 Å². The molecule has 1 aliphatic carbocycles. The topological polar surface area (TPSA) is 77.2 Å². The Morgan fingerprint density at radius 3 is 2.52 bits per heavy atom. The molecule has 2 aromatic rings. The van der Waals surface area contributed by atoms with Crippen LogP contribution in [0.5, 0.6) is 0 Å². The fraction of sp³-hybridized carbons (Fsp3) is 0.500. The lowest BCUT2D eigenvalue weighted by atomic mass is 10.0. The normalized spacial score (nSPS) is 20.9. The highest BCUT2D eigenvalue weighted by Gasteiger charge is 2.38. The van der Waals surface area contributed by atoms with Gasteiger partial charge in [-0.2, -0.15) is 18.2 Å². The van der Waals surface area contributed by atoms with Gasteiger partial charge in [0.25, 0.3) is 5.91 Å². The van der Waals surface area contributed by atoms with Gasteiger partial charge in [0, 0.05) is 18.2 Å². The molecule has 0 saturated heterocycles. The van der Waals surface area contributed by atoms with E-state index in [2.05, 4.69) is 20.0 Å². The molecule has 9 heteroatoms. The number of carbonyl (C=O) groups is 1. The molecule has 0 spiro atoms. The van der Waals surface area contributed by atoms with Crippen LogP contribution in [0, 0.1) is 0 Å². The second kappa shape index (κ2) is 8.08. The number of amides is 1. The number of aromatic nitrogens is 2. The molecule has 0 radical (unpaired) electrons. The van der Waals surface area contributed by atoms with Crippen molar-refractivity contribution in [1.82, 2.24) is 15.5 Å². The number of methoxy groups -OCH3 is 1. The molecule has 1 amide bonds. The maximum Gasteiger partial charge on any atom is 0.471 e. The van der Waals surface area contributed by atoms with Gasteiger partial charge in [-0.25, -0.2) is 0 Å². The summed E-state index contributed by atoms with van der Waals surface area (Å²) >= 11 is 0. The first-order valence-electron chi connectivity index (χ1n) is 8.73. The van der Waals surface area contributed by atoms with Crippen LogP contribution in [0.4, 0.5) is 13.2 Å². The SMILES string of the molecule is CO[C@@H]1CCCCC[C@H]1NC(=O)c1ccc(-c2noc(C(F)(F)F)n2)cc1. The Balaban J connectivity index is 1.69. The van der Waals surface area contributed by atoms with Crippen molar-refractivity contribution in [3.63, 3.8) is 0 Å². The van der Waals surface area contributed by atoms with E-state index >= 15 is 0 Å². The number of nitrogens with zero attached hydrogens (tertiary/aromatic N) is 2. The molecule has 1 saturated carbocycles. The molecule has 2 atom stereocenters.